The van der Waals surface area contributed by atoms with Crippen molar-refractivity contribution in [2.24, 2.45) is 10.7 Å². The summed E-state index contributed by atoms with van der Waals surface area (Å²) in [7, 11) is 0. The summed E-state index contributed by atoms with van der Waals surface area (Å²) >= 11 is 0. The molecular weight excluding hydrogens is 466 g/mol. The smallest absolute Gasteiger partial charge is 0.101 e. The van der Waals surface area contributed by atoms with Crippen molar-refractivity contribution < 1.29 is 0 Å². The molecule has 0 aliphatic carbocycles. The van der Waals surface area contributed by atoms with Gasteiger partial charge in [0.15, 0.2) is 0 Å². The van der Waals surface area contributed by atoms with E-state index in [1.54, 1.807) is 0 Å². The number of amidine groups is 1. The summed E-state index contributed by atoms with van der Waals surface area (Å²) in [4.78, 5) is 4.75. The van der Waals surface area contributed by atoms with Crippen LogP contribution < -0.4 is 27.4 Å². The van der Waals surface area contributed by atoms with Gasteiger partial charge in [0.25, 0.3) is 0 Å². The first kappa shape index (κ1) is 34.2. The molecule has 0 atom stereocenters. The zero-order chi connectivity index (χ0) is 18.5. The molecule has 0 saturated heterocycles. The van der Waals surface area contributed by atoms with Gasteiger partial charge >= 0.3 is 0 Å². The minimum Gasteiger partial charge on any atom is -0.399 e. The maximum atomic E-state index is 5.88. The molecule has 0 radical (unpaired) electrons. The summed E-state index contributed by atoms with van der Waals surface area (Å²) in [5.41, 5.74) is 14.6. The molecule has 1 heterocycles. The van der Waals surface area contributed by atoms with Gasteiger partial charge < -0.3 is 27.4 Å². The van der Waals surface area contributed by atoms with Gasteiger partial charge in [-0.05, 0) is 95.0 Å². The highest BCUT2D eigenvalue weighted by molar-refractivity contribution is 5.97. The number of nitrogens with one attached hydrogen (secondary N) is 3. The van der Waals surface area contributed by atoms with E-state index in [1.165, 1.54) is 18.4 Å². The van der Waals surface area contributed by atoms with Crippen LogP contribution in [0.25, 0.3) is 0 Å². The Morgan fingerprint density at radius 1 is 0.867 bits per heavy atom. The number of hydrogen-bond acceptors (Lipinski definition) is 5. The van der Waals surface area contributed by atoms with Gasteiger partial charge in [0, 0.05) is 24.3 Å². The number of anilines is 2. The fourth-order valence-corrected chi connectivity index (χ4v) is 3.12. The maximum absolute atomic E-state index is 5.88. The molecule has 0 fully saturated rings. The number of fused-ring (bicyclic) bond motifs is 1. The van der Waals surface area contributed by atoms with Gasteiger partial charge in [-0.1, -0.05) is 0 Å². The second-order valence-electron chi connectivity index (χ2n) is 6.93. The number of nitrogens with zero attached hydrogens (tertiary/aromatic N) is 1. The van der Waals surface area contributed by atoms with Crippen LogP contribution in [0.1, 0.15) is 44.1 Å². The number of aliphatic imine (C=N–C) groups is 1. The molecule has 0 spiro atoms. The van der Waals surface area contributed by atoms with Crippen LogP contribution in [0, 0.1) is 0 Å². The van der Waals surface area contributed by atoms with Crippen LogP contribution in [0.3, 0.4) is 0 Å². The second kappa shape index (κ2) is 21.8. The van der Waals surface area contributed by atoms with Crippen LogP contribution in [0.2, 0.25) is 0 Å². The van der Waals surface area contributed by atoms with Crippen molar-refractivity contribution in [2.75, 3.05) is 50.3 Å². The predicted octanol–water partition coefficient (Wildman–Crippen LogP) is 3.80. The molecule has 10 heteroatoms. The predicted molar refractivity (Wildman–Crippen MR) is 142 cm³/mol. The van der Waals surface area contributed by atoms with Gasteiger partial charge in [-0.15, -0.1) is 49.6 Å². The molecule has 1 aromatic rings. The number of hydrogen-bond donors (Lipinski definition) is 5. The molecule has 1 aromatic carbocycles. The fourth-order valence-electron chi connectivity index (χ4n) is 3.12. The number of halogens is 4. The SMILES string of the molecule is Cl.Cl.Cl.Cl.NCCCNCCCCNCCCN=C1CCCc2cc(N)ccc2N1. The molecule has 0 amide bonds. The van der Waals surface area contributed by atoms with Crippen molar-refractivity contribution in [1.29, 1.82) is 0 Å². The molecule has 2 rings (SSSR count). The second-order valence-corrected chi connectivity index (χ2v) is 6.93. The Morgan fingerprint density at radius 2 is 1.50 bits per heavy atom. The van der Waals surface area contributed by atoms with Crippen LogP contribution in [-0.2, 0) is 6.42 Å². The van der Waals surface area contributed by atoms with Gasteiger partial charge in [0.1, 0.15) is 5.84 Å². The Hall–Kier alpha value is -0.470. The number of aryl methyl sites for hydroxylation is 1. The highest BCUT2D eigenvalue weighted by atomic mass is 35.5. The molecule has 30 heavy (non-hydrogen) atoms. The first-order valence-corrected chi connectivity index (χ1v) is 10.1. The van der Waals surface area contributed by atoms with Crippen LogP contribution in [-0.4, -0.2) is 45.1 Å². The zero-order valence-electron chi connectivity index (χ0n) is 17.7. The summed E-state index contributed by atoms with van der Waals surface area (Å²) < 4.78 is 0. The molecule has 1 aliphatic heterocycles. The Balaban J connectivity index is -0.00000182. The van der Waals surface area contributed by atoms with Gasteiger partial charge in [0.05, 0.1) is 0 Å². The van der Waals surface area contributed by atoms with Crippen LogP contribution >= 0.6 is 49.6 Å². The van der Waals surface area contributed by atoms with Gasteiger partial charge in [-0.2, -0.15) is 0 Å². The van der Waals surface area contributed by atoms with E-state index in [2.05, 4.69) is 28.1 Å². The summed E-state index contributed by atoms with van der Waals surface area (Å²) in [6, 6.07) is 6.09. The molecule has 0 bridgehead atoms. The highest BCUT2D eigenvalue weighted by Gasteiger charge is 2.11. The van der Waals surface area contributed by atoms with Crippen LogP contribution in [0.4, 0.5) is 11.4 Å². The van der Waals surface area contributed by atoms with E-state index in [-0.39, 0.29) is 49.6 Å². The van der Waals surface area contributed by atoms with E-state index < -0.39 is 0 Å². The van der Waals surface area contributed by atoms with Crippen LogP contribution in [0.5, 0.6) is 0 Å². The fraction of sp³-hybridized carbons (Fsp3) is 0.650. The standard InChI is InChI=1S/C20H36N6.4ClH/c21-10-4-13-23-11-1-2-12-24-14-5-15-25-20-7-3-6-17-16-18(22)8-9-19(17)26-20;;;;/h8-9,16,23-24H,1-7,10-15,21-22H2,(H,25,26);4*1H. The third kappa shape index (κ3) is 14.5. The quantitative estimate of drug-likeness (QED) is 0.219. The average Bonchev–Trinajstić information content (AvgIpc) is 2.84. The normalized spacial score (nSPS) is 13.4. The lowest BCUT2D eigenvalue weighted by Gasteiger charge is -2.10. The third-order valence-corrected chi connectivity index (χ3v) is 4.60. The molecule has 0 aromatic heterocycles. The molecule has 7 N–H and O–H groups in total. The number of rotatable bonds is 12. The lowest BCUT2D eigenvalue weighted by molar-refractivity contribution is 0.570. The Kier molecular flexibility index (Phi) is 24.8. The molecular formula is C20H40Cl4N6. The Morgan fingerprint density at radius 3 is 2.17 bits per heavy atom. The van der Waals surface area contributed by atoms with Crippen molar-refractivity contribution in [3.05, 3.63) is 23.8 Å². The molecule has 0 unspecified atom stereocenters. The van der Waals surface area contributed by atoms with Crippen LogP contribution in [0.15, 0.2) is 23.2 Å². The first-order chi connectivity index (χ1) is 12.8. The molecule has 178 valence electrons. The zero-order valence-corrected chi connectivity index (χ0v) is 20.9. The van der Waals surface area contributed by atoms with E-state index in [4.69, 9.17) is 16.5 Å². The van der Waals surface area contributed by atoms with Crippen molar-refractivity contribution >= 4 is 66.8 Å². The summed E-state index contributed by atoms with van der Waals surface area (Å²) in [6.45, 7) is 5.90. The Bertz CT molecular complexity index is 560. The minimum absolute atomic E-state index is 0. The van der Waals surface area contributed by atoms with E-state index >= 15 is 0 Å². The van der Waals surface area contributed by atoms with E-state index in [9.17, 15) is 0 Å². The first-order valence-electron chi connectivity index (χ1n) is 10.1. The number of nitrogens with two attached hydrogens (primary N) is 2. The number of unbranched alkanes of at least 4 members (excludes halogenated alkanes) is 1. The lowest BCUT2D eigenvalue weighted by atomic mass is 10.1. The van der Waals surface area contributed by atoms with Gasteiger partial charge in [-0.3, -0.25) is 4.99 Å². The van der Waals surface area contributed by atoms with Gasteiger partial charge in [0.2, 0.25) is 0 Å². The summed E-state index contributed by atoms with van der Waals surface area (Å²) in [5.74, 6) is 1.11. The van der Waals surface area contributed by atoms with Crippen molar-refractivity contribution in [1.82, 2.24) is 10.6 Å². The average molecular weight is 506 g/mol. The molecule has 1 aliphatic rings. The van der Waals surface area contributed by atoms with Crippen molar-refractivity contribution in [2.45, 2.75) is 44.9 Å². The number of benzene rings is 1. The van der Waals surface area contributed by atoms with E-state index in [0.717, 1.165) is 88.6 Å². The summed E-state index contributed by atoms with van der Waals surface area (Å²) in [6.07, 6.45) is 7.77. The van der Waals surface area contributed by atoms with Crippen molar-refractivity contribution in [3.8, 4) is 0 Å². The van der Waals surface area contributed by atoms with E-state index in [0.29, 0.717) is 0 Å². The summed E-state index contributed by atoms with van der Waals surface area (Å²) in [5, 5.41) is 10.4. The lowest BCUT2D eigenvalue weighted by Crippen LogP contribution is -2.22. The molecule has 0 saturated carbocycles. The minimum atomic E-state index is 0. The number of nitrogen functional groups attached to an aromatic ring is 1. The van der Waals surface area contributed by atoms with Gasteiger partial charge in [-0.25, -0.2) is 0 Å². The largest absolute Gasteiger partial charge is 0.399 e. The topological polar surface area (TPSA) is 100 Å². The third-order valence-electron chi connectivity index (χ3n) is 4.60. The van der Waals surface area contributed by atoms with Crippen molar-refractivity contribution in [3.63, 3.8) is 0 Å². The molecule has 6 nitrogen and oxygen atoms in total. The monoisotopic (exact) mass is 504 g/mol. The van der Waals surface area contributed by atoms with E-state index in [1.807, 2.05) is 6.07 Å². The maximum Gasteiger partial charge on any atom is 0.101 e. The highest BCUT2D eigenvalue weighted by Crippen LogP contribution is 2.24. The Labute approximate surface area is 206 Å².